The minimum Gasteiger partial charge on any atom is -0.490 e. The monoisotopic (exact) mass is 383 g/mol. The Balaban J connectivity index is 1.74. The van der Waals surface area contributed by atoms with E-state index in [0.717, 1.165) is 17.7 Å². The summed E-state index contributed by atoms with van der Waals surface area (Å²) in [7, 11) is 0. The standard InChI is InChI=1S/C22H29N3O3/c1-2-3-4-5-8-18-11-13-20(14-12-18)27-15-16-28-21-10-7-6-9-19(21)17-24-25-22(23)26/h6-7,9-14,17H,2-5,8,15-16H2,1H3,(H3,23,25,26)/b24-17-. The third kappa shape index (κ3) is 8.12. The largest absolute Gasteiger partial charge is 0.490 e. The van der Waals surface area contributed by atoms with Gasteiger partial charge in [-0.25, -0.2) is 10.2 Å². The summed E-state index contributed by atoms with van der Waals surface area (Å²) in [6.45, 7) is 3.05. The molecule has 2 rings (SSSR count). The predicted octanol–water partition coefficient (Wildman–Crippen LogP) is 4.27. The van der Waals surface area contributed by atoms with Crippen molar-refractivity contribution in [2.24, 2.45) is 10.8 Å². The number of primary amides is 1. The fourth-order valence-corrected chi connectivity index (χ4v) is 2.70. The lowest BCUT2D eigenvalue weighted by atomic mass is 10.1. The molecule has 0 fully saturated rings. The van der Waals surface area contributed by atoms with Gasteiger partial charge in [0, 0.05) is 5.56 Å². The number of amides is 2. The normalized spacial score (nSPS) is 10.8. The van der Waals surface area contributed by atoms with Gasteiger partial charge in [0.1, 0.15) is 24.7 Å². The minimum atomic E-state index is -0.713. The van der Waals surface area contributed by atoms with E-state index in [9.17, 15) is 4.79 Å². The summed E-state index contributed by atoms with van der Waals surface area (Å²) in [4.78, 5) is 10.7. The zero-order valence-electron chi connectivity index (χ0n) is 16.4. The zero-order valence-corrected chi connectivity index (χ0v) is 16.4. The number of hydrogen-bond acceptors (Lipinski definition) is 4. The van der Waals surface area contributed by atoms with Gasteiger partial charge in [-0.1, -0.05) is 50.5 Å². The molecule has 0 bridgehead atoms. The molecule has 6 nitrogen and oxygen atoms in total. The Morgan fingerprint density at radius 3 is 2.54 bits per heavy atom. The highest BCUT2D eigenvalue weighted by atomic mass is 16.5. The molecule has 0 atom stereocenters. The summed E-state index contributed by atoms with van der Waals surface area (Å²) in [6, 6.07) is 14.9. The summed E-state index contributed by atoms with van der Waals surface area (Å²) in [5, 5.41) is 3.76. The molecular weight excluding hydrogens is 354 g/mol. The first kappa shape index (κ1) is 21.3. The summed E-state index contributed by atoms with van der Waals surface area (Å²) in [5.41, 5.74) is 9.23. The van der Waals surface area contributed by atoms with Crippen molar-refractivity contribution < 1.29 is 14.3 Å². The van der Waals surface area contributed by atoms with Gasteiger partial charge in [0.05, 0.1) is 6.21 Å². The highest BCUT2D eigenvalue weighted by Gasteiger charge is 2.02. The average Bonchev–Trinajstić information content (AvgIpc) is 2.70. The van der Waals surface area contributed by atoms with Crippen LogP contribution in [0.5, 0.6) is 11.5 Å². The van der Waals surface area contributed by atoms with E-state index >= 15 is 0 Å². The molecule has 0 aliphatic heterocycles. The van der Waals surface area contributed by atoms with Gasteiger partial charge in [0.2, 0.25) is 0 Å². The second-order valence-electron chi connectivity index (χ2n) is 6.42. The SMILES string of the molecule is CCCCCCc1ccc(OCCOc2ccccc2/C=N\NC(N)=O)cc1. The van der Waals surface area contributed by atoms with E-state index in [1.807, 2.05) is 36.4 Å². The molecule has 0 saturated heterocycles. The molecule has 28 heavy (non-hydrogen) atoms. The number of unbranched alkanes of at least 4 members (excludes halogenated alkanes) is 3. The van der Waals surface area contributed by atoms with Crippen molar-refractivity contribution in [3.8, 4) is 11.5 Å². The number of urea groups is 1. The van der Waals surface area contributed by atoms with Crippen LogP contribution in [0.1, 0.15) is 43.7 Å². The van der Waals surface area contributed by atoms with Crippen LogP contribution >= 0.6 is 0 Å². The van der Waals surface area contributed by atoms with E-state index in [1.165, 1.54) is 37.5 Å². The molecule has 2 aromatic rings. The first-order valence-electron chi connectivity index (χ1n) is 9.71. The van der Waals surface area contributed by atoms with Crippen LogP contribution in [0.4, 0.5) is 4.79 Å². The van der Waals surface area contributed by atoms with Gasteiger partial charge in [-0.15, -0.1) is 0 Å². The Labute approximate surface area is 166 Å². The van der Waals surface area contributed by atoms with Crippen molar-refractivity contribution in [1.29, 1.82) is 0 Å². The van der Waals surface area contributed by atoms with Crippen molar-refractivity contribution in [3.05, 3.63) is 59.7 Å². The maximum absolute atomic E-state index is 10.7. The molecule has 0 aliphatic rings. The first-order chi connectivity index (χ1) is 13.7. The van der Waals surface area contributed by atoms with Crippen LogP contribution in [0.25, 0.3) is 0 Å². The van der Waals surface area contributed by atoms with Crippen LogP contribution in [-0.2, 0) is 6.42 Å². The van der Waals surface area contributed by atoms with E-state index in [4.69, 9.17) is 15.2 Å². The Morgan fingerprint density at radius 2 is 1.79 bits per heavy atom. The molecular formula is C22H29N3O3. The van der Waals surface area contributed by atoms with Crippen molar-refractivity contribution in [3.63, 3.8) is 0 Å². The molecule has 0 heterocycles. The quantitative estimate of drug-likeness (QED) is 0.326. The molecule has 3 N–H and O–H groups in total. The molecule has 0 aliphatic carbocycles. The van der Waals surface area contributed by atoms with E-state index < -0.39 is 6.03 Å². The Morgan fingerprint density at radius 1 is 1.04 bits per heavy atom. The fourth-order valence-electron chi connectivity index (χ4n) is 2.70. The molecule has 0 aromatic heterocycles. The van der Waals surface area contributed by atoms with Crippen molar-refractivity contribution in [2.45, 2.75) is 39.0 Å². The number of nitrogens with two attached hydrogens (primary N) is 1. The molecule has 0 unspecified atom stereocenters. The third-order valence-electron chi connectivity index (χ3n) is 4.15. The third-order valence-corrected chi connectivity index (χ3v) is 4.15. The molecule has 0 radical (unpaired) electrons. The lowest BCUT2D eigenvalue weighted by Crippen LogP contribution is -2.24. The molecule has 0 saturated carbocycles. The topological polar surface area (TPSA) is 85.9 Å². The summed E-state index contributed by atoms with van der Waals surface area (Å²) in [6.07, 6.45) is 7.69. The van der Waals surface area contributed by atoms with E-state index in [-0.39, 0.29) is 0 Å². The van der Waals surface area contributed by atoms with E-state index in [1.54, 1.807) is 0 Å². The number of carbonyl (C=O) groups excluding carboxylic acids is 1. The van der Waals surface area contributed by atoms with Crippen LogP contribution < -0.4 is 20.6 Å². The summed E-state index contributed by atoms with van der Waals surface area (Å²) >= 11 is 0. The smallest absolute Gasteiger partial charge is 0.332 e. The van der Waals surface area contributed by atoms with Crippen LogP contribution in [0, 0.1) is 0 Å². The lowest BCUT2D eigenvalue weighted by Gasteiger charge is -2.10. The number of nitrogens with one attached hydrogen (secondary N) is 1. The van der Waals surface area contributed by atoms with E-state index in [0.29, 0.717) is 19.0 Å². The number of rotatable bonds is 12. The average molecular weight is 383 g/mol. The van der Waals surface area contributed by atoms with Crippen molar-refractivity contribution >= 4 is 12.2 Å². The van der Waals surface area contributed by atoms with Crippen LogP contribution in [0.3, 0.4) is 0 Å². The number of carbonyl (C=O) groups is 1. The van der Waals surface area contributed by atoms with Crippen LogP contribution in [0.2, 0.25) is 0 Å². The van der Waals surface area contributed by atoms with Gasteiger partial charge in [-0.05, 0) is 42.7 Å². The minimum absolute atomic E-state index is 0.396. The summed E-state index contributed by atoms with van der Waals surface area (Å²) in [5.74, 6) is 1.49. The number of hydrogen-bond donors (Lipinski definition) is 2. The summed E-state index contributed by atoms with van der Waals surface area (Å²) < 4.78 is 11.5. The second-order valence-corrected chi connectivity index (χ2v) is 6.42. The van der Waals surface area contributed by atoms with Gasteiger partial charge in [0.15, 0.2) is 0 Å². The molecule has 0 spiro atoms. The number of para-hydroxylation sites is 1. The molecule has 2 amide bonds. The van der Waals surface area contributed by atoms with Crippen molar-refractivity contribution in [2.75, 3.05) is 13.2 Å². The maximum Gasteiger partial charge on any atom is 0.332 e. The van der Waals surface area contributed by atoms with Crippen LogP contribution in [0.15, 0.2) is 53.6 Å². The Hall–Kier alpha value is -3.02. The number of ether oxygens (including phenoxy) is 2. The molecule has 150 valence electrons. The number of nitrogens with zero attached hydrogens (tertiary/aromatic N) is 1. The number of hydrazone groups is 1. The van der Waals surface area contributed by atoms with Gasteiger partial charge >= 0.3 is 6.03 Å². The highest BCUT2D eigenvalue weighted by Crippen LogP contribution is 2.17. The highest BCUT2D eigenvalue weighted by molar-refractivity contribution is 5.84. The van der Waals surface area contributed by atoms with Crippen LogP contribution in [-0.4, -0.2) is 25.5 Å². The van der Waals surface area contributed by atoms with Crippen molar-refractivity contribution in [1.82, 2.24) is 5.43 Å². The van der Waals surface area contributed by atoms with Gasteiger partial charge < -0.3 is 15.2 Å². The van der Waals surface area contributed by atoms with Gasteiger partial charge in [-0.2, -0.15) is 5.10 Å². The maximum atomic E-state index is 10.7. The predicted molar refractivity (Wildman–Crippen MR) is 112 cm³/mol. The fraction of sp³-hybridized carbons (Fsp3) is 0.364. The Kier molecular flexibility index (Phi) is 9.41. The molecule has 6 heteroatoms. The van der Waals surface area contributed by atoms with Gasteiger partial charge in [-0.3, -0.25) is 0 Å². The van der Waals surface area contributed by atoms with Gasteiger partial charge in [0.25, 0.3) is 0 Å². The number of benzene rings is 2. The second kappa shape index (κ2) is 12.4. The zero-order chi connectivity index (χ0) is 20.0. The molecule has 2 aromatic carbocycles. The van der Waals surface area contributed by atoms with E-state index in [2.05, 4.69) is 29.6 Å². The first-order valence-corrected chi connectivity index (χ1v) is 9.71. The lowest BCUT2D eigenvalue weighted by molar-refractivity contribution is 0.217. The Bertz CT molecular complexity index is 745. The number of aryl methyl sites for hydroxylation is 1.